The number of rotatable bonds is 4. The predicted molar refractivity (Wildman–Crippen MR) is 95.9 cm³/mol. The third kappa shape index (κ3) is 2.16. The first-order valence-electron chi connectivity index (χ1n) is 8.11. The molecule has 3 aromatic rings. The lowest BCUT2D eigenvalue weighted by atomic mass is 9.96. The molecule has 0 radical (unpaired) electrons. The first kappa shape index (κ1) is 14.5. The van der Waals surface area contributed by atoms with Crippen LogP contribution in [0.1, 0.15) is 23.2 Å². The van der Waals surface area contributed by atoms with Gasteiger partial charge in [-0.05, 0) is 35.1 Å². The van der Waals surface area contributed by atoms with Crippen molar-refractivity contribution >= 4 is 22.4 Å². The fourth-order valence-electron chi connectivity index (χ4n) is 3.45. The average Bonchev–Trinajstić information content (AvgIpc) is 2.91. The number of amides is 1. The summed E-state index contributed by atoms with van der Waals surface area (Å²) in [6, 6.07) is 22.4. The van der Waals surface area contributed by atoms with E-state index < -0.39 is 0 Å². The molecule has 3 nitrogen and oxygen atoms in total. The molecule has 0 saturated carbocycles. The number of nitrogens with zero attached hydrogens (tertiary/aromatic N) is 2. The maximum atomic E-state index is 12.8. The van der Waals surface area contributed by atoms with Gasteiger partial charge in [0, 0.05) is 23.9 Å². The Kier molecular flexibility index (Phi) is 3.51. The van der Waals surface area contributed by atoms with Gasteiger partial charge < -0.3 is 4.90 Å². The van der Waals surface area contributed by atoms with Gasteiger partial charge in [-0.25, -0.2) is 0 Å². The molecule has 0 saturated heterocycles. The molecular weight excluding hydrogens is 296 g/mol. The van der Waals surface area contributed by atoms with E-state index in [2.05, 4.69) is 30.3 Å². The normalized spacial score (nSPS) is 12.6. The van der Waals surface area contributed by atoms with Crippen LogP contribution in [0.4, 0.5) is 5.69 Å². The van der Waals surface area contributed by atoms with Crippen molar-refractivity contribution in [1.29, 1.82) is 5.26 Å². The highest BCUT2D eigenvalue weighted by molar-refractivity contribution is 6.26. The zero-order chi connectivity index (χ0) is 16.5. The Hall–Kier alpha value is -3.12. The molecule has 1 aliphatic heterocycles. The summed E-state index contributed by atoms with van der Waals surface area (Å²) in [6.07, 6.45) is 1.16. The molecule has 0 N–H and O–H groups in total. The lowest BCUT2D eigenvalue weighted by Gasteiger charge is -2.17. The van der Waals surface area contributed by atoms with Crippen LogP contribution in [0, 0.1) is 11.3 Å². The van der Waals surface area contributed by atoms with Gasteiger partial charge in [-0.2, -0.15) is 5.26 Å². The Morgan fingerprint density at radius 1 is 0.917 bits per heavy atom. The van der Waals surface area contributed by atoms with Crippen LogP contribution in [0.3, 0.4) is 0 Å². The van der Waals surface area contributed by atoms with Gasteiger partial charge in [0.15, 0.2) is 0 Å². The molecule has 4 rings (SSSR count). The minimum atomic E-state index is 0.0405. The van der Waals surface area contributed by atoms with Gasteiger partial charge in [0.05, 0.1) is 11.8 Å². The minimum absolute atomic E-state index is 0.0405. The summed E-state index contributed by atoms with van der Waals surface area (Å²) >= 11 is 0. The summed E-state index contributed by atoms with van der Waals surface area (Å²) in [5.74, 6) is 0.0405. The third-order valence-electron chi connectivity index (χ3n) is 4.54. The van der Waals surface area contributed by atoms with Crippen LogP contribution in [-0.4, -0.2) is 12.5 Å². The van der Waals surface area contributed by atoms with Crippen LogP contribution in [0.5, 0.6) is 0 Å². The smallest absolute Gasteiger partial charge is 0.258 e. The van der Waals surface area contributed by atoms with E-state index in [-0.39, 0.29) is 5.91 Å². The molecule has 0 spiro atoms. The molecule has 3 heteroatoms. The minimum Gasteiger partial charge on any atom is -0.308 e. The van der Waals surface area contributed by atoms with Gasteiger partial charge in [-0.1, -0.05) is 48.5 Å². The second-order valence-electron chi connectivity index (χ2n) is 5.94. The molecule has 1 heterocycles. The Labute approximate surface area is 140 Å². The van der Waals surface area contributed by atoms with E-state index in [1.165, 1.54) is 0 Å². The van der Waals surface area contributed by atoms with Gasteiger partial charge in [0.2, 0.25) is 0 Å². The number of benzene rings is 3. The summed E-state index contributed by atoms with van der Waals surface area (Å²) in [4.78, 5) is 14.6. The summed E-state index contributed by atoms with van der Waals surface area (Å²) in [6.45, 7) is 0.584. The fraction of sp³-hybridized carbons (Fsp3) is 0.143. The largest absolute Gasteiger partial charge is 0.308 e. The number of unbranched alkanes of at least 4 members (excludes halogenated alkanes) is 1. The van der Waals surface area contributed by atoms with E-state index in [0.717, 1.165) is 33.2 Å². The molecular formula is C21H16N2O. The number of hydrogen-bond acceptors (Lipinski definition) is 2. The standard InChI is InChI=1S/C21H16N2O/c22-13-4-5-14-23-19-12-11-16(15-7-2-1-3-8-15)17-9-6-10-18(20(17)19)21(23)24/h1-3,6-12H,4-5,14H2. The summed E-state index contributed by atoms with van der Waals surface area (Å²) in [5.41, 5.74) is 4.01. The maximum Gasteiger partial charge on any atom is 0.258 e. The van der Waals surface area contributed by atoms with Crippen molar-refractivity contribution in [3.8, 4) is 17.2 Å². The van der Waals surface area contributed by atoms with Crippen LogP contribution >= 0.6 is 0 Å². The van der Waals surface area contributed by atoms with E-state index in [1.807, 2.05) is 41.3 Å². The monoisotopic (exact) mass is 312 g/mol. The second kappa shape index (κ2) is 5.82. The van der Waals surface area contributed by atoms with Crippen molar-refractivity contribution in [3.05, 3.63) is 66.2 Å². The topological polar surface area (TPSA) is 44.1 Å². The molecule has 0 atom stereocenters. The highest BCUT2D eigenvalue weighted by Gasteiger charge is 2.29. The average molecular weight is 312 g/mol. The van der Waals surface area contributed by atoms with Crippen molar-refractivity contribution in [2.45, 2.75) is 12.8 Å². The molecule has 1 amide bonds. The van der Waals surface area contributed by atoms with Crippen molar-refractivity contribution < 1.29 is 4.79 Å². The summed E-state index contributed by atoms with van der Waals surface area (Å²) in [5, 5.41) is 10.9. The number of carbonyl (C=O) groups is 1. The lowest BCUT2D eigenvalue weighted by molar-refractivity contribution is 0.0993. The van der Waals surface area contributed by atoms with Crippen molar-refractivity contribution in [2.24, 2.45) is 0 Å². The van der Waals surface area contributed by atoms with Gasteiger partial charge in [-0.15, -0.1) is 0 Å². The van der Waals surface area contributed by atoms with Gasteiger partial charge in [-0.3, -0.25) is 4.79 Å². The van der Waals surface area contributed by atoms with Crippen LogP contribution in [0.15, 0.2) is 60.7 Å². The molecule has 0 aromatic heterocycles. The van der Waals surface area contributed by atoms with Crippen LogP contribution in [0.25, 0.3) is 21.9 Å². The number of anilines is 1. The molecule has 116 valence electrons. The molecule has 0 bridgehead atoms. The van der Waals surface area contributed by atoms with E-state index in [1.54, 1.807) is 0 Å². The van der Waals surface area contributed by atoms with Crippen molar-refractivity contribution in [2.75, 3.05) is 11.4 Å². The molecule has 1 aliphatic rings. The number of carbonyl (C=O) groups excluding carboxylic acids is 1. The summed E-state index contributed by atoms with van der Waals surface area (Å²) < 4.78 is 0. The highest BCUT2D eigenvalue weighted by Crippen LogP contribution is 2.41. The zero-order valence-electron chi connectivity index (χ0n) is 13.2. The van der Waals surface area contributed by atoms with E-state index in [4.69, 9.17) is 5.26 Å². The SMILES string of the molecule is N#CCCCN1C(=O)c2cccc3c(-c4ccccc4)ccc1c23. The lowest BCUT2D eigenvalue weighted by Crippen LogP contribution is -2.27. The Bertz CT molecular complexity index is 970. The first-order valence-corrected chi connectivity index (χ1v) is 8.11. The van der Waals surface area contributed by atoms with Crippen LogP contribution in [0.2, 0.25) is 0 Å². The first-order chi connectivity index (χ1) is 11.8. The summed E-state index contributed by atoms with van der Waals surface area (Å²) in [7, 11) is 0. The van der Waals surface area contributed by atoms with Gasteiger partial charge >= 0.3 is 0 Å². The van der Waals surface area contributed by atoms with Crippen LogP contribution < -0.4 is 4.90 Å². The maximum absolute atomic E-state index is 12.8. The Morgan fingerprint density at radius 3 is 2.54 bits per heavy atom. The molecule has 0 fully saturated rings. The van der Waals surface area contributed by atoms with E-state index in [9.17, 15) is 4.79 Å². The van der Waals surface area contributed by atoms with E-state index in [0.29, 0.717) is 19.4 Å². The van der Waals surface area contributed by atoms with Crippen molar-refractivity contribution in [1.82, 2.24) is 0 Å². The Morgan fingerprint density at radius 2 is 1.75 bits per heavy atom. The highest BCUT2D eigenvalue weighted by atomic mass is 16.2. The molecule has 24 heavy (non-hydrogen) atoms. The van der Waals surface area contributed by atoms with Crippen LogP contribution in [-0.2, 0) is 0 Å². The number of nitriles is 1. The second-order valence-corrected chi connectivity index (χ2v) is 5.94. The third-order valence-corrected chi connectivity index (χ3v) is 4.54. The van der Waals surface area contributed by atoms with E-state index >= 15 is 0 Å². The van der Waals surface area contributed by atoms with Gasteiger partial charge in [0.1, 0.15) is 0 Å². The quantitative estimate of drug-likeness (QED) is 0.651. The molecule has 0 unspecified atom stereocenters. The molecule has 3 aromatic carbocycles. The van der Waals surface area contributed by atoms with Crippen molar-refractivity contribution in [3.63, 3.8) is 0 Å². The zero-order valence-corrected chi connectivity index (χ0v) is 13.2. The fourth-order valence-corrected chi connectivity index (χ4v) is 3.45. The Balaban J connectivity index is 1.87. The number of hydrogen-bond donors (Lipinski definition) is 0. The van der Waals surface area contributed by atoms with Gasteiger partial charge in [0.25, 0.3) is 5.91 Å². The predicted octanol–water partition coefficient (Wildman–Crippen LogP) is 4.77. The molecule has 0 aliphatic carbocycles.